The van der Waals surface area contributed by atoms with Gasteiger partial charge in [-0.3, -0.25) is 14.5 Å². The summed E-state index contributed by atoms with van der Waals surface area (Å²) in [5.74, 6) is -1.23. The van der Waals surface area contributed by atoms with Crippen molar-refractivity contribution >= 4 is 50.9 Å². The van der Waals surface area contributed by atoms with Crippen molar-refractivity contribution in [2.45, 2.75) is 44.4 Å². The highest BCUT2D eigenvalue weighted by molar-refractivity contribution is 9.11. The van der Waals surface area contributed by atoms with Crippen LogP contribution in [-0.4, -0.2) is 46.1 Å². The van der Waals surface area contributed by atoms with Gasteiger partial charge in [0, 0.05) is 6.42 Å². The summed E-state index contributed by atoms with van der Waals surface area (Å²) in [4.78, 5) is 39.1. The van der Waals surface area contributed by atoms with Gasteiger partial charge in [0.1, 0.15) is 22.1 Å². The van der Waals surface area contributed by atoms with E-state index in [1.54, 1.807) is 51.1 Å². The number of amides is 3. The number of likely N-dealkylation sites (tertiary alicyclic amines) is 1. The molecule has 3 rings (SSSR count). The van der Waals surface area contributed by atoms with Crippen molar-refractivity contribution in [2.24, 2.45) is 5.73 Å². The maximum Gasteiger partial charge on any atom is 0.411 e. The summed E-state index contributed by atoms with van der Waals surface area (Å²) in [5, 5.41) is 14.0. The first-order chi connectivity index (χ1) is 14.4. The number of hydrogen-bond donors (Lipinski definition) is 3. The number of carbonyl (C=O) groups excluding carboxylic acids is 3. The monoisotopic (exact) mass is 509 g/mol. The van der Waals surface area contributed by atoms with Crippen LogP contribution in [0.4, 0.5) is 10.5 Å². The fourth-order valence-corrected chi connectivity index (χ4v) is 4.85. The Kier molecular flexibility index (Phi) is 6.45. The number of nitrogens with one attached hydrogen (secondary N) is 1. The predicted molar refractivity (Wildman–Crippen MR) is 121 cm³/mol. The highest BCUT2D eigenvalue weighted by Crippen LogP contribution is 2.38. The maximum absolute atomic E-state index is 13.2. The molecule has 166 valence electrons. The standard InChI is InChI=1S/C21H24BrN3O5S/c1-20(2,3)30-19(28)25-11-21(29,12-7-5-4-6-8-12)10-14(25)18(27)24-13-9-15(22)31-16(13)17(23)26/h4-9,14,29H,10-11H2,1-3H3,(H2,23,26)(H,24,27). The number of benzene rings is 1. The Hall–Kier alpha value is -2.43. The van der Waals surface area contributed by atoms with Crippen LogP contribution in [0.5, 0.6) is 0 Å². The number of nitrogens with two attached hydrogens (primary N) is 1. The summed E-state index contributed by atoms with van der Waals surface area (Å²) < 4.78 is 6.08. The van der Waals surface area contributed by atoms with Crippen LogP contribution in [-0.2, 0) is 15.1 Å². The molecule has 1 fully saturated rings. The quantitative estimate of drug-likeness (QED) is 0.582. The zero-order valence-corrected chi connectivity index (χ0v) is 19.7. The Morgan fingerprint density at radius 3 is 2.52 bits per heavy atom. The van der Waals surface area contributed by atoms with Gasteiger partial charge in [0.2, 0.25) is 5.91 Å². The fourth-order valence-electron chi connectivity index (χ4n) is 3.44. The van der Waals surface area contributed by atoms with Crippen LogP contribution in [0, 0.1) is 0 Å². The molecule has 3 amide bonds. The van der Waals surface area contributed by atoms with Gasteiger partial charge in [-0.05, 0) is 48.3 Å². The van der Waals surface area contributed by atoms with Gasteiger partial charge < -0.3 is 20.9 Å². The number of ether oxygens (including phenoxy) is 1. The van der Waals surface area contributed by atoms with E-state index in [-0.39, 0.29) is 23.5 Å². The normalized spacial score (nSPS) is 21.1. The van der Waals surface area contributed by atoms with Gasteiger partial charge in [-0.1, -0.05) is 30.3 Å². The Balaban J connectivity index is 1.91. The van der Waals surface area contributed by atoms with E-state index in [1.165, 1.54) is 4.90 Å². The largest absolute Gasteiger partial charge is 0.444 e. The molecule has 0 saturated carbocycles. The summed E-state index contributed by atoms with van der Waals surface area (Å²) >= 11 is 4.37. The Morgan fingerprint density at radius 1 is 1.29 bits per heavy atom. The lowest BCUT2D eigenvalue weighted by Crippen LogP contribution is -2.45. The molecule has 2 heterocycles. The van der Waals surface area contributed by atoms with Crippen LogP contribution in [0.1, 0.15) is 42.4 Å². The van der Waals surface area contributed by atoms with Crippen LogP contribution in [0.15, 0.2) is 40.2 Å². The Labute approximate surface area is 192 Å². The summed E-state index contributed by atoms with van der Waals surface area (Å²) in [5.41, 5.74) is 4.03. The van der Waals surface area contributed by atoms with E-state index in [2.05, 4.69) is 21.2 Å². The molecule has 2 atom stereocenters. The molecule has 2 unspecified atom stereocenters. The number of carbonyl (C=O) groups is 3. The lowest BCUT2D eigenvalue weighted by atomic mass is 9.91. The van der Waals surface area contributed by atoms with E-state index in [4.69, 9.17) is 10.5 Å². The lowest BCUT2D eigenvalue weighted by Gasteiger charge is -2.28. The third kappa shape index (κ3) is 5.25. The van der Waals surface area contributed by atoms with Gasteiger partial charge in [0.05, 0.1) is 16.0 Å². The van der Waals surface area contributed by atoms with Crippen LogP contribution >= 0.6 is 27.3 Å². The molecule has 2 aromatic rings. The zero-order chi connectivity index (χ0) is 23.0. The molecule has 1 aromatic heterocycles. The number of thiophene rings is 1. The molecule has 4 N–H and O–H groups in total. The summed E-state index contributed by atoms with van der Waals surface area (Å²) in [6.07, 6.45) is -0.736. The molecular formula is C21H24BrN3O5S. The molecule has 0 radical (unpaired) electrons. The second kappa shape index (κ2) is 8.60. The molecule has 1 aromatic carbocycles. The van der Waals surface area contributed by atoms with Gasteiger partial charge in [-0.15, -0.1) is 11.3 Å². The molecule has 0 bridgehead atoms. The first kappa shape index (κ1) is 23.2. The molecule has 0 spiro atoms. The number of aliphatic hydroxyl groups is 1. The molecule has 1 aliphatic rings. The van der Waals surface area contributed by atoms with Crippen molar-refractivity contribution in [1.82, 2.24) is 4.90 Å². The van der Waals surface area contributed by atoms with E-state index in [1.807, 2.05) is 6.07 Å². The van der Waals surface area contributed by atoms with Gasteiger partial charge >= 0.3 is 6.09 Å². The topological polar surface area (TPSA) is 122 Å². The Bertz CT molecular complexity index is 1000. The van der Waals surface area contributed by atoms with Crippen molar-refractivity contribution in [3.63, 3.8) is 0 Å². The van der Waals surface area contributed by atoms with Crippen LogP contribution in [0.3, 0.4) is 0 Å². The van der Waals surface area contributed by atoms with Crippen molar-refractivity contribution in [1.29, 1.82) is 0 Å². The number of halogens is 1. The van der Waals surface area contributed by atoms with Crippen molar-refractivity contribution in [3.8, 4) is 0 Å². The van der Waals surface area contributed by atoms with E-state index in [0.717, 1.165) is 11.3 Å². The number of primary amides is 1. The minimum Gasteiger partial charge on any atom is -0.444 e. The predicted octanol–water partition coefficient (Wildman–Crippen LogP) is 3.45. The number of hydrogen-bond acceptors (Lipinski definition) is 6. The molecule has 1 saturated heterocycles. The van der Waals surface area contributed by atoms with Gasteiger partial charge in [0.25, 0.3) is 5.91 Å². The molecule has 10 heteroatoms. The van der Waals surface area contributed by atoms with Crippen LogP contribution in [0.2, 0.25) is 0 Å². The summed E-state index contributed by atoms with van der Waals surface area (Å²) in [7, 11) is 0. The van der Waals surface area contributed by atoms with E-state index in [0.29, 0.717) is 9.35 Å². The fraction of sp³-hybridized carbons (Fsp3) is 0.381. The molecule has 1 aliphatic heterocycles. The minimum atomic E-state index is -1.43. The Morgan fingerprint density at radius 2 is 1.94 bits per heavy atom. The second-order valence-corrected chi connectivity index (χ2v) is 10.8. The van der Waals surface area contributed by atoms with Crippen molar-refractivity contribution < 1.29 is 24.2 Å². The summed E-state index contributed by atoms with van der Waals surface area (Å²) in [6, 6.07) is 9.42. The third-order valence-corrected chi connectivity index (χ3v) is 6.42. The number of rotatable bonds is 4. The number of β-amino-alcohol motifs (C(OH)–C–C–N with tert-alkyl or cyclic N) is 1. The lowest BCUT2D eigenvalue weighted by molar-refractivity contribution is -0.120. The van der Waals surface area contributed by atoms with Crippen LogP contribution < -0.4 is 11.1 Å². The number of nitrogens with zero attached hydrogens (tertiary/aromatic N) is 1. The average molecular weight is 510 g/mol. The maximum atomic E-state index is 13.2. The average Bonchev–Trinajstić information content (AvgIpc) is 3.22. The first-order valence-electron chi connectivity index (χ1n) is 9.57. The molecule has 8 nitrogen and oxygen atoms in total. The smallest absolute Gasteiger partial charge is 0.411 e. The molecular weight excluding hydrogens is 486 g/mol. The highest BCUT2D eigenvalue weighted by Gasteiger charge is 2.50. The van der Waals surface area contributed by atoms with E-state index < -0.39 is 35.2 Å². The SMILES string of the molecule is CC(C)(C)OC(=O)N1CC(O)(c2ccccc2)CC1C(=O)Nc1cc(Br)sc1C(N)=O. The van der Waals surface area contributed by atoms with Gasteiger partial charge in [-0.2, -0.15) is 0 Å². The van der Waals surface area contributed by atoms with Crippen molar-refractivity contribution in [3.05, 3.63) is 50.6 Å². The van der Waals surface area contributed by atoms with Crippen molar-refractivity contribution in [2.75, 3.05) is 11.9 Å². The molecule has 0 aliphatic carbocycles. The number of anilines is 1. The highest BCUT2D eigenvalue weighted by atomic mass is 79.9. The van der Waals surface area contributed by atoms with Crippen LogP contribution in [0.25, 0.3) is 0 Å². The third-order valence-electron chi connectivity index (χ3n) is 4.76. The van der Waals surface area contributed by atoms with Gasteiger partial charge in [-0.25, -0.2) is 4.79 Å². The molecule has 31 heavy (non-hydrogen) atoms. The minimum absolute atomic E-state index is 0.0285. The summed E-state index contributed by atoms with van der Waals surface area (Å²) in [6.45, 7) is 5.06. The van der Waals surface area contributed by atoms with E-state index >= 15 is 0 Å². The zero-order valence-electron chi connectivity index (χ0n) is 17.3. The second-order valence-electron chi connectivity index (χ2n) is 8.37. The first-order valence-corrected chi connectivity index (χ1v) is 11.2. The van der Waals surface area contributed by atoms with Gasteiger partial charge in [0.15, 0.2) is 0 Å². The van der Waals surface area contributed by atoms with E-state index in [9.17, 15) is 19.5 Å².